The first-order chi connectivity index (χ1) is 10.6. The number of carbonyl (C=O) groups excluding carboxylic acids is 2. The van der Waals surface area contributed by atoms with E-state index in [9.17, 15) is 9.59 Å². The van der Waals surface area contributed by atoms with E-state index in [1.54, 1.807) is 12.1 Å². The normalized spacial score (nSPS) is 16.3. The molecule has 1 aromatic rings. The minimum absolute atomic E-state index is 0. The minimum atomic E-state index is -0.312. The summed E-state index contributed by atoms with van der Waals surface area (Å²) in [5.41, 5.74) is 0.706. The first-order valence-corrected chi connectivity index (χ1v) is 8.23. The summed E-state index contributed by atoms with van der Waals surface area (Å²) in [7, 11) is 0. The van der Waals surface area contributed by atoms with Gasteiger partial charge >= 0.3 is 6.03 Å². The maximum absolute atomic E-state index is 11.7. The maximum Gasteiger partial charge on any atom is 0.319 e. The molecule has 128 valence electrons. The fourth-order valence-electron chi connectivity index (χ4n) is 2.25. The predicted molar refractivity (Wildman–Crippen MR) is 97.1 cm³/mol. The van der Waals surface area contributed by atoms with Gasteiger partial charge in [-0.3, -0.25) is 4.79 Å². The van der Waals surface area contributed by atoms with Crippen LogP contribution in [-0.2, 0) is 4.79 Å². The summed E-state index contributed by atoms with van der Waals surface area (Å²) in [5, 5.41) is 11.6. The zero-order valence-electron chi connectivity index (χ0n) is 12.7. The summed E-state index contributed by atoms with van der Waals surface area (Å²) in [6, 6.07) is 7.36. The Labute approximate surface area is 150 Å². The molecule has 3 amide bonds. The standard InChI is InChI=1S/C15H21BrN4O2.ClH/c16-11-3-5-12(6-4-11)20-15(22)18-9-7-14(21)19-10-13-2-1-8-17-13;/h3-6,13,17H,1-2,7-10H2,(H,19,21)(H2,18,20,22);1H. The first-order valence-electron chi connectivity index (χ1n) is 7.44. The molecular weight excluding hydrogens is 384 g/mol. The van der Waals surface area contributed by atoms with Gasteiger partial charge in [-0.1, -0.05) is 15.9 Å². The molecule has 1 fully saturated rings. The van der Waals surface area contributed by atoms with Crippen LogP contribution in [0.1, 0.15) is 19.3 Å². The lowest BCUT2D eigenvalue weighted by molar-refractivity contribution is -0.121. The largest absolute Gasteiger partial charge is 0.354 e. The van der Waals surface area contributed by atoms with E-state index in [4.69, 9.17) is 0 Å². The van der Waals surface area contributed by atoms with Crippen molar-refractivity contribution in [3.63, 3.8) is 0 Å². The van der Waals surface area contributed by atoms with Crippen molar-refractivity contribution in [2.45, 2.75) is 25.3 Å². The maximum atomic E-state index is 11.7. The third-order valence-corrected chi connectivity index (χ3v) is 3.98. The Morgan fingerprint density at radius 2 is 1.96 bits per heavy atom. The molecule has 1 aliphatic heterocycles. The van der Waals surface area contributed by atoms with Crippen LogP contribution >= 0.6 is 28.3 Å². The molecule has 23 heavy (non-hydrogen) atoms. The molecule has 4 N–H and O–H groups in total. The molecule has 8 heteroatoms. The molecule has 1 unspecified atom stereocenters. The molecule has 1 atom stereocenters. The van der Waals surface area contributed by atoms with E-state index in [0.717, 1.165) is 17.4 Å². The van der Waals surface area contributed by atoms with Gasteiger partial charge in [0, 0.05) is 35.7 Å². The lowest BCUT2D eigenvalue weighted by Crippen LogP contribution is -2.39. The van der Waals surface area contributed by atoms with Crippen molar-refractivity contribution in [2.24, 2.45) is 0 Å². The van der Waals surface area contributed by atoms with Gasteiger partial charge in [0.2, 0.25) is 5.91 Å². The fraction of sp³-hybridized carbons (Fsp3) is 0.467. The Morgan fingerprint density at radius 3 is 2.61 bits per heavy atom. The number of rotatable bonds is 6. The van der Waals surface area contributed by atoms with Crippen LogP contribution in [0.3, 0.4) is 0 Å². The second-order valence-corrected chi connectivity index (χ2v) is 6.15. The summed E-state index contributed by atoms with van der Waals surface area (Å²) >= 11 is 3.33. The van der Waals surface area contributed by atoms with Crippen LogP contribution < -0.4 is 21.3 Å². The van der Waals surface area contributed by atoms with Crippen LogP contribution in [-0.4, -0.2) is 37.6 Å². The molecule has 0 radical (unpaired) electrons. The van der Waals surface area contributed by atoms with Crippen LogP contribution in [0.4, 0.5) is 10.5 Å². The minimum Gasteiger partial charge on any atom is -0.354 e. The molecule has 0 saturated carbocycles. The van der Waals surface area contributed by atoms with Crippen molar-refractivity contribution in [2.75, 3.05) is 25.0 Å². The van der Waals surface area contributed by atoms with E-state index in [1.807, 2.05) is 12.1 Å². The third-order valence-electron chi connectivity index (χ3n) is 3.45. The number of nitrogens with one attached hydrogen (secondary N) is 4. The first kappa shape index (κ1) is 19.7. The number of hydrogen-bond acceptors (Lipinski definition) is 3. The average Bonchev–Trinajstić information content (AvgIpc) is 3.01. The summed E-state index contributed by atoms with van der Waals surface area (Å²) in [4.78, 5) is 23.3. The zero-order valence-corrected chi connectivity index (χ0v) is 15.1. The third kappa shape index (κ3) is 7.67. The van der Waals surface area contributed by atoms with Gasteiger partial charge in [0.15, 0.2) is 0 Å². The van der Waals surface area contributed by atoms with E-state index in [0.29, 0.717) is 24.8 Å². The SMILES string of the molecule is Cl.O=C(CCNC(=O)Nc1ccc(Br)cc1)NCC1CCCN1. The van der Waals surface area contributed by atoms with Gasteiger partial charge in [-0.15, -0.1) is 12.4 Å². The molecule has 0 spiro atoms. The number of anilines is 1. The van der Waals surface area contributed by atoms with Gasteiger partial charge in [0.05, 0.1) is 0 Å². The molecule has 2 rings (SSSR count). The van der Waals surface area contributed by atoms with Crippen LogP contribution in [0.25, 0.3) is 0 Å². The number of halogens is 2. The highest BCUT2D eigenvalue weighted by atomic mass is 79.9. The van der Waals surface area contributed by atoms with Crippen molar-refractivity contribution < 1.29 is 9.59 Å². The second kappa shape index (κ2) is 10.5. The van der Waals surface area contributed by atoms with Crippen LogP contribution in [0.15, 0.2) is 28.7 Å². The number of hydrogen-bond donors (Lipinski definition) is 4. The molecule has 1 saturated heterocycles. The van der Waals surface area contributed by atoms with Crippen LogP contribution in [0.2, 0.25) is 0 Å². The highest BCUT2D eigenvalue weighted by Crippen LogP contribution is 2.13. The Hall–Kier alpha value is -1.31. The Balaban J connectivity index is 0.00000264. The highest BCUT2D eigenvalue weighted by molar-refractivity contribution is 9.10. The van der Waals surface area contributed by atoms with E-state index >= 15 is 0 Å². The van der Waals surface area contributed by atoms with Crippen LogP contribution in [0, 0.1) is 0 Å². The number of benzene rings is 1. The lowest BCUT2D eigenvalue weighted by atomic mass is 10.2. The summed E-state index contributed by atoms with van der Waals surface area (Å²) in [5.74, 6) is -0.0439. The molecule has 6 nitrogen and oxygen atoms in total. The lowest BCUT2D eigenvalue weighted by Gasteiger charge is -2.12. The smallest absolute Gasteiger partial charge is 0.319 e. The number of urea groups is 1. The molecule has 0 aromatic heterocycles. The van der Waals surface area contributed by atoms with Gasteiger partial charge < -0.3 is 21.3 Å². The average molecular weight is 406 g/mol. The summed E-state index contributed by atoms with van der Waals surface area (Å²) in [6.07, 6.45) is 2.55. The molecule has 1 aliphatic rings. The Kier molecular flexibility index (Phi) is 8.98. The van der Waals surface area contributed by atoms with Gasteiger partial charge in [0.25, 0.3) is 0 Å². The topological polar surface area (TPSA) is 82.3 Å². The Bertz CT molecular complexity index is 507. The number of amides is 3. The predicted octanol–water partition coefficient (Wildman–Crippen LogP) is 2.25. The van der Waals surface area contributed by atoms with Gasteiger partial charge in [0.1, 0.15) is 0 Å². The van der Waals surface area contributed by atoms with Crippen molar-refractivity contribution in [3.05, 3.63) is 28.7 Å². The van der Waals surface area contributed by atoms with E-state index in [-0.39, 0.29) is 30.8 Å². The molecule has 1 heterocycles. The van der Waals surface area contributed by atoms with Gasteiger partial charge in [-0.25, -0.2) is 4.79 Å². The fourth-order valence-corrected chi connectivity index (χ4v) is 2.52. The molecule has 0 bridgehead atoms. The van der Waals surface area contributed by atoms with E-state index in [2.05, 4.69) is 37.2 Å². The highest BCUT2D eigenvalue weighted by Gasteiger charge is 2.14. The zero-order chi connectivity index (χ0) is 15.8. The van der Waals surface area contributed by atoms with Gasteiger partial charge in [-0.05, 0) is 43.7 Å². The molecule has 0 aliphatic carbocycles. The quantitative estimate of drug-likeness (QED) is 0.586. The molecular formula is C15H22BrClN4O2. The number of carbonyl (C=O) groups is 2. The second-order valence-electron chi connectivity index (χ2n) is 5.24. The Morgan fingerprint density at radius 1 is 1.22 bits per heavy atom. The van der Waals surface area contributed by atoms with Crippen LogP contribution in [0.5, 0.6) is 0 Å². The van der Waals surface area contributed by atoms with Crippen molar-refractivity contribution in [1.29, 1.82) is 0 Å². The summed E-state index contributed by atoms with van der Waals surface area (Å²) in [6.45, 7) is 1.99. The summed E-state index contributed by atoms with van der Waals surface area (Å²) < 4.78 is 0.951. The van der Waals surface area contributed by atoms with Crippen molar-refractivity contribution >= 4 is 46.0 Å². The molecule has 1 aromatic carbocycles. The van der Waals surface area contributed by atoms with Crippen molar-refractivity contribution in [1.82, 2.24) is 16.0 Å². The van der Waals surface area contributed by atoms with Crippen molar-refractivity contribution in [3.8, 4) is 0 Å². The van der Waals surface area contributed by atoms with Gasteiger partial charge in [-0.2, -0.15) is 0 Å². The van der Waals surface area contributed by atoms with E-state index in [1.165, 1.54) is 6.42 Å². The van der Waals surface area contributed by atoms with E-state index < -0.39 is 0 Å². The monoisotopic (exact) mass is 404 g/mol.